The van der Waals surface area contributed by atoms with Crippen LogP contribution < -0.4 is 4.90 Å². The van der Waals surface area contributed by atoms with E-state index in [2.05, 4.69) is 20.9 Å². The Labute approximate surface area is 117 Å². The topological polar surface area (TPSA) is 86.3 Å². The average molecular weight is 275 g/mol. The van der Waals surface area contributed by atoms with E-state index < -0.39 is 10.5 Å². The summed E-state index contributed by atoms with van der Waals surface area (Å²) in [4.78, 5) is 18.2. The first-order valence-corrected chi connectivity index (χ1v) is 6.46. The van der Waals surface area contributed by atoms with Gasteiger partial charge in [-0.15, -0.1) is 0 Å². The van der Waals surface area contributed by atoms with Crippen molar-refractivity contribution in [3.05, 3.63) is 28.4 Å². The number of hydrogen-bond acceptors (Lipinski definition) is 6. The summed E-state index contributed by atoms with van der Waals surface area (Å²) >= 11 is 0. The number of rotatable bonds is 3. The number of nitriles is 1. The first-order valence-electron chi connectivity index (χ1n) is 6.46. The second-order valence-electron chi connectivity index (χ2n) is 5.28. The number of aromatic nitrogens is 1. The van der Waals surface area contributed by atoms with Crippen molar-refractivity contribution in [2.24, 2.45) is 0 Å². The van der Waals surface area contributed by atoms with E-state index in [9.17, 15) is 10.1 Å². The fourth-order valence-corrected chi connectivity index (χ4v) is 2.27. The summed E-state index contributed by atoms with van der Waals surface area (Å²) in [5.74, 6) is -0.141. The number of piperazine rings is 1. The molecule has 0 aromatic carbocycles. The van der Waals surface area contributed by atoms with Gasteiger partial charge >= 0.3 is 5.82 Å². The lowest BCUT2D eigenvalue weighted by atomic mass is 10.0. The van der Waals surface area contributed by atoms with Crippen LogP contribution in [0.25, 0.3) is 0 Å². The van der Waals surface area contributed by atoms with E-state index in [4.69, 9.17) is 5.26 Å². The van der Waals surface area contributed by atoms with Gasteiger partial charge in [-0.25, -0.2) is 0 Å². The van der Waals surface area contributed by atoms with Gasteiger partial charge in [-0.1, -0.05) is 0 Å². The monoisotopic (exact) mass is 275 g/mol. The number of hydrogen-bond donors (Lipinski definition) is 0. The molecule has 0 atom stereocenters. The maximum atomic E-state index is 10.6. The Morgan fingerprint density at radius 3 is 2.45 bits per heavy atom. The molecule has 0 saturated carbocycles. The molecule has 2 heterocycles. The first-order chi connectivity index (χ1) is 9.44. The molecule has 1 saturated heterocycles. The zero-order valence-corrected chi connectivity index (χ0v) is 11.6. The van der Waals surface area contributed by atoms with Gasteiger partial charge in [0.25, 0.3) is 0 Å². The van der Waals surface area contributed by atoms with Crippen LogP contribution in [-0.4, -0.2) is 46.5 Å². The Morgan fingerprint density at radius 1 is 1.35 bits per heavy atom. The van der Waals surface area contributed by atoms with Crippen molar-refractivity contribution in [1.29, 1.82) is 5.26 Å². The van der Waals surface area contributed by atoms with Gasteiger partial charge in [0.15, 0.2) is 6.20 Å². The van der Waals surface area contributed by atoms with Crippen molar-refractivity contribution < 1.29 is 4.92 Å². The molecule has 1 aromatic rings. The van der Waals surface area contributed by atoms with E-state index in [-0.39, 0.29) is 5.82 Å². The van der Waals surface area contributed by atoms with Gasteiger partial charge < -0.3 is 15.0 Å². The summed E-state index contributed by atoms with van der Waals surface area (Å²) in [6.07, 6.45) is 1.53. The van der Waals surface area contributed by atoms with Crippen LogP contribution in [0.15, 0.2) is 18.3 Å². The quantitative estimate of drug-likeness (QED) is 0.612. The van der Waals surface area contributed by atoms with Crippen LogP contribution in [0.1, 0.15) is 13.8 Å². The Hall–Kier alpha value is -2.20. The number of nitro groups is 1. The molecule has 7 nitrogen and oxygen atoms in total. The average Bonchev–Trinajstić information content (AvgIpc) is 2.47. The van der Waals surface area contributed by atoms with Crippen molar-refractivity contribution in [1.82, 2.24) is 9.88 Å². The molecular formula is C13H17N5O2. The molecule has 0 bridgehead atoms. The highest BCUT2D eigenvalue weighted by Gasteiger charge is 2.30. The lowest BCUT2D eigenvalue weighted by Gasteiger charge is -2.41. The van der Waals surface area contributed by atoms with Crippen LogP contribution in [0.5, 0.6) is 0 Å². The first kappa shape index (κ1) is 14.2. The van der Waals surface area contributed by atoms with Gasteiger partial charge in [0.05, 0.1) is 11.8 Å². The molecule has 0 N–H and O–H groups in total. The summed E-state index contributed by atoms with van der Waals surface area (Å²) in [5, 5.41) is 19.7. The molecule has 1 aliphatic rings. The normalized spacial score (nSPS) is 16.8. The number of pyridine rings is 1. The predicted octanol–water partition coefficient (Wildman–Crippen LogP) is 1.41. The molecule has 106 valence electrons. The van der Waals surface area contributed by atoms with Gasteiger partial charge in [0, 0.05) is 32.2 Å². The minimum atomic E-state index is -0.503. The van der Waals surface area contributed by atoms with Gasteiger partial charge in [0.1, 0.15) is 5.54 Å². The summed E-state index contributed by atoms with van der Waals surface area (Å²) in [6, 6.07) is 5.44. The van der Waals surface area contributed by atoms with Crippen LogP contribution >= 0.6 is 0 Å². The second kappa shape index (κ2) is 5.43. The van der Waals surface area contributed by atoms with Crippen molar-refractivity contribution in [2.75, 3.05) is 31.1 Å². The molecule has 7 heteroatoms. The van der Waals surface area contributed by atoms with E-state index in [1.165, 1.54) is 12.3 Å². The van der Waals surface area contributed by atoms with E-state index >= 15 is 0 Å². The molecule has 1 aliphatic heterocycles. The summed E-state index contributed by atoms with van der Waals surface area (Å²) < 4.78 is 0. The highest BCUT2D eigenvalue weighted by Crippen LogP contribution is 2.21. The predicted molar refractivity (Wildman–Crippen MR) is 74.4 cm³/mol. The van der Waals surface area contributed by atoms with E-state index in [0.717, 1.165) is 31.9 Å². The third kappa shape index (κ3) is 2.86. The standard InChI is InChI=1S/C13H17N5O2/c1-13(2,10-14)17-7-5-16(6-8-17)11-3-4-12(15-9-11)18(19)20/h3-4,9H,5-8H2,1-2H3. The number of nitrogens with zero attached hydrogens (tertiary/aromatic N) is 5. The largest absolute Gasteiger partial charge is 0.366 e. The molecule has 0 amide bonds. The van der Waals surface area contributed by atoms with Crippen molar-refractivity contribution >= 4 is 11.5 Å². The summed E-state index contributed by atoms with van der Waals surface area (Å²) in [5.41, 5.74) is 0.421. The van der Waals surface area contributed by atoms with Gasteiger partial charge in [-0.3, -0.25) is 4.90 Å². The summed E-state index contributed by atoms with van der Waals surface area (Å²) in [7, 11) is 0. The number of anilines is 1. The SMILES string of the molecule is CC(C)(C#N)N1CCN(c2ccc([N+](=O)[O-])nc2)CC1. The van der Waals surface area contributed by atoms with Gasteiger partial charge in [0.2, 0.25) is 0 Å². The van der Waals surface area contributed by atoms with Gasteiger partial charge in [-0.2, -0.15) is 5.26 Å². The lowest BCUT2D eigenvalue weighted by Crippen LogP contribution is -2.54. The molecule has 0 unspecified atom stereocenters. The van der Waals surface area contributed by atoms with E-state index in [1.807, 2.05) is 13.8 Å². The Bertz CT molecular complexity index is 527. The van der Waals surface area contributed by atoms with Crippen molar-refractivity contribution in [3.63, 3.8) is 0 Å². The van der Waals surface area contributed by atoms with E-state index in [1.54, 1.807) is 6.07 Å². The second-order valence-corrected chi connectivity index (χ2v) is 5.28. The molecule has 0 spiro atoms. The van der Waals surface area contributed by atoms with Crippen LogP contribution in [0.2, 0.25) is 0 Å². The molecular weight excluding hydrogens is 258 g/mol. The zero-order chi connectivity index (χ0) is 14.8. The highest BCUT2D eigenvalue weighted by molar-refractivity contribution is 5.47. The molecule has 0 radical (unpaired) electrons. The van der Waals surface area contributed by atoms with Crippen LogP contribution in [0.4, 0.5) is 11.5 Å². The fraction of sp³-hybridized carbons (Fsp3) is 0.538. The Kier molecular flexibility index (Phi) is 3.86. The van der Waals surface area contributed by atoms with Crippen LogP contribution in [0, 0.1) is 21.4 Å². The lowest BCUT2D eigenvalue weighted by molar-refractivity contribution is -0.389. The highest BCUT2D eigenvalue weighted by atomic mass is 16.6. The summed E-state index contributed by atoms with van der Waals surface area (Å²) in [6.45, 7) is 6.97. The van der Waals surface area contributed by atoms with Crippen molar-refractivity contribution in [2.45, 2.75) is 19.4 Å². The Balaban J connectivity index is 2.01. The molecule has 1 fully saturated rings. The minimum absolute atomic E-state index is 0.141. The third-order valence-electron chi connectivity index (χ3n) is 3.63. The third-order valence-corrected chi connectivity index (χ3v) is 3.63. The smallest absolute Gasteiger partial charge is 0.363 e. The molecule has 0 aliphatic carbocycles. The van der Waals surface area contributed by atoms with Crippen molar-refractivity contribution in [3.8, 4) is 6.07 Å². The Morgan fingerprint density at radius 2 is 2.00 bits per heavy atom. The van der Waals surface area contributed by atoms with Crippen LogP contribution in [0.3, 0.4) is 0 Å². The fourth-order valence-electron chi connectivity index (χ4n) is 2.27. The van der Waals surface area contributed by atoms with E-state index in [0.29, 0.717) is 0 Å². The van der Waals surface area contributed by atoms with Gasteiger partial charge in [-0.05, 0) is 29.8 Å². The maximum Gasteiger partial charge on any atom is 0.363 e. The molecule has 20 heavy (non-hydrogen) atoms. The zero-order valence-electron chi connectivity index (χ0n) is 11.6. The maximum absolute atomic E-state index is 10.6. The minimum Gasteiger partial charge on any atom is -0.366 e. The molecule has 2 rings (SSSR count). The van der Waals surface area contributed by atoms with Crippen LogP contribution in [-0.2, 0) is 0 Å². The molecule has 1 aromatic heterocycles.